The highest BCUT2D eigenvalue weighted by molar-refractivity contribution is 5.20. The summed E-state index contributed by atoms with van der Waals surface area (Å²) in [5.74, 6) is 0. The molecule has 3 rings (SSSR count). The van der Waals surface area contributed by atoms with Crippen LogP contribution in [0.15, 0.2) is 30.3 Å². The number of rotatable bonds is 2. The average molecular weight is 216 g/mol. The third kappa shape index (κ3) is 2.00. The number of hydrogen-bond acceptors (Lipinski definition) is 2. The van der Waals surface area contributed by atoms with Crippen molar-refractivity contribution in [2.45, 2.75) is 37.9 Å². The van der Waals surface area contributed by atoms with Crippen molar-refractivity contribution in [2.24, 2.45) is 0 Å². The van der Waals surface area contributed by atoms with Gasteiger partial charge in [0, 0.05) is 31.2 Å². The number of nitrogens with zero attached hydrogens (tertiary/aromatic N) is 1. The molecule has 16 heavy (non-hydrogen) atoms. The molecular weight excluding hydrogens is 196 g/mol. The summed E-state index contributed by atoms with van der Waals surface area (Å²) in [4.78, 5) is 2.69. The Bertz CT molecular complexity index is 345. The Morgan fingerprint density at radius 3 is 2.62 bits per heavy atom. The summed E-state index contributed by atoms with van der Waals surface area (Å²) < 4.78 is 0. The zero-order chi connectivity index (χ0) is 11.0. The monoisotopic (exact) mass is 216 g/mol. The zero-order valence-electron chi connectivity index (χ0n) is 9.89. The van der Waals surface area contributed by atoms with Gasteiger partial charge in [-0.15, -0.1) is 0 Å². The number of benzene rings is 1. The van der Waals surface area contributed by atoms with E-state index in [9.17, 15) is 0 Å². The van der Waals surface area contributed by atoms with Crippen LogP contribution in [0.5, 0.6) is 0 Å². The fraction of sp³-hybridized carbons (Fsp3) is 0.571. The van der Waals surface area contributed by atoms with Crippen LogP contribution in [0.3, 0.4) is 0 Å². The van der Waals surface area contributed by atoms with Crippen LogP contribution in [0.4, 0.5) is 0 Å². The molecule has 2 aliphatic rings. The first-order valence-corrected chi connectivity index (χ1v) is 6.38. The lowest BCUT2D eigenvalue weighted by Gasteiger charge is -2.39. The van der Waals surface area contributed by atoms with Crippen LogP contribution in [-0.4, -0.2) is 30.1 Å². The summed E-state index contributed by atoms with van der Waals surface area (Å²) in [6, 6.07) is 12.9. The number of nitrogens with one attached hydrogen (secondary N) is 1. The first-order valence-electron chi connectivity index (χ1n) is 6.38. The molecule has 2 atom stereocenters. The molecule has 1 N–H and O–H groups in total. The van der Waals surface area contributed by atoms with E-state index in [0.717, 1.165) is 12.6 Å². The minimum absolute atomic E-state index is 0.526. The molecule has 86 valence electrons. The van der Waals surface area contributed by atoms with Crippen LogP contribution >= 0.6 is 0 Å². The van der Waals surface area contributed by atoms with E-state index in [1.807, 2.05) is 0 Å². The Labute approximate surface area is 97.6 Å². The molecule has 1 saturated carbocycles. The fourth-order valence-corrected chi connectivity index (χ4v) is 2.71. The van der Waals surface area contributed by atoms with E-state index in [2.05, 4.69) is 47.5 Å². The molecule has 0 spiro atoms. The molecule has 1 aromatic carbocycles. The van der Waals surface area contributed by atoms with Crippen molar-refractivity contribution in [3.05, 3.63) is 35.9 Å². The smallest absolute Gasteiger partial charge is 0.0450 e. The Morgan fingerprint density at radius 1 is 1.19 bits per heavy atom. The molecule has 2 heteroatoms. The molecule has 2 fully saturated rings. The molecule has 1 aromatic rings. The van der Waals surface area contributed by atoms with Gasteiger partial charge in [-0.05, 0) is 25.3 Å². The molecule has 0 unspecified atom stereocenters. The maximum atomic E-state index is 3.66. The highest BCUT2D eigenvalue weighted by Crippen LogP contribution is 2.32. The van der Waals surface area contributed by atoms with Crippen LogP contribution in [0, 0.1) is 0 Å². The van der Waals surface area contributed by atoms with Crippen molar-refractivity contribution in [3.8, 4) is 0 Å². The first-order chi connectivity index (χ1) is 7.84. The highest BCUT2D eigenvalue weighted by Gasteiger charge is 2.36. The van der Waals surface area contributed by atoms with Gasteiger partial charge in [0.25, 0.3) is 0 Å². The van der Waals surface area contributed by atoms with E-state index in [1.165, 1.54) is 24.9 Å². The first kappa shape index (κ1) is 10.3. The Kier molecular flexibility index (Phi) is 2.70. The van der Waals surface area contributed by atoms with E-state index < -0.39 is 0 Å². The topological polar surface area (TPSA) is 15.3 Å². The highest BCUT2D eigenvalue weighted by atomic mass is 15.3. The van der Waals surface area contributed by atoms with E-state index in [1.54, 1.807) is 0 Å². The Morgan fingerprint density at radius 2 is 1.94 bits per heavy atom. The van der Waals surface area contributed by atoms with Gasteiger partial charge in [-0.2, -0.15) is 0 Å². The van der Waals surface area contributed by atoms with Crippen LogP contribution in [-0.2, 0) is 0 Å². The lowest BCUT2D eigenvalue weighted by Crippen LogP contribution is -2.52. The van der Waals surface area contributed by atoms with Crippen LogP contribution in [0.2, 0.25) is 0 Å². The van der Waals surface area contributed by atoms with Crippen LogP contribution in [0.25, 0.3) is 0 Å². The normalized spacial score (nSPS) is 31.6. The second kappa shape index (κ2) is 4.19. The maximum absolute atomic E-state index is 3.66. The molecule has 1 heterocycles. The van der Waals surface area contributed by atoms with Gasteiger partial charge in [-0.25, -0.2) is 0 Å². The minimum atomic E-state index is 0.526. The van der Waals surface area contributed by atoms with Gasteiger partial charge in [0.15, 0.2) is 0 Å². The van der Waals surface area contributed by atoms with E-state index in [0.29, 0.717) is 12.1 Å². The SMILES string of the molecule is C[C@@H]1CN[C@@H](c2ccccc2)CN1C1CC1. The van der Waals surface area contributed by atoms with Crippen molar-refractivity contribution in [1.82, 2.24) is 10.2 Å². The fourth-order valence-electron chi connectivity index (χ4n) is 2.71. The van der Waals surface area contributed by atoms with Crippen molar-refractivity contribution in [3.63, 3.8) is 0 Å². The molecule has 1 aliphatic carbocycles. The second-order valence-corrected chi connectivity index (χ2v) is 5.15. The molecule has 1 aliphatic heterocycles. The van der Waals surface area contributed by atoms with Crippen molar-refractivity contribution >= 4 is 0 Å². The standard InChI is InChI=1S/C14H20N2/c1-11-9-15-14(10-16(11)13-7-8-13)12-5-3-2-4-6-12/h2-6,11,13-15H,7-10H2,1H3/t11-,14-/m1/s1. The molecule has 0 aromatic heterocycles. The molecule has 2 nitrogen and oxygen atoms in total. The third-order valence-corrected chi connectivity index (χ3v) is 3.84. The zero-order valence-corrected chi connectivity index (χ0v) is 9.89. The maximum Gasteiger partial charge on any atom is 0.0450 e. The lowest BCUT2D eigenvalue weighted by atomic mass is 10.0. The van der Waals surface area contributed by atoms with Gasteiger partial charge in [-0.1, -0.05) is 30.3 Å². The number of piperazine rings is 1. The number of hydrogen-bond donors (Lipinski definition) is 1. The summed E-state index contributed by atoms with van der Waals surface area (Å²) in [7, 11) is 0. The van der Waals surface area contributed by atoms with Crippen molar-refractivity contribution in [2.75, 3.05) is 13.1 Å². The minimum Gasteiger partial charge on any atom is -0.307 e. The largest absolute Gasteiger partial charge is 0.307 e. The summed E-state index contributed by atoms with van der Waals surface area (Å²) in [6.07, 6.45) is 2.82. The Hall–Kier alpha value is -0.860. The molecule has 0 amide bonds. The van der Waals surface area contributed by atoms with Crippen LogP contribution < -0.4 is 5.32 Å². The second-order valence-electron chi connectivity index (χ2n) is 5.15. The van der Waals surface area contributed by atoms with E-state index in [4.69, 9.17) is 0 Å². The van der Waals surface area contributed by atoms with E-state index in [-0.39, 0.29) is 0 Å². The summed E-state index contributed by atoms with van der Waals surface area (Å²) in [5.41, 5.74) is 1.43. The lowest BCUT2D eigenvalue weighted by molar-refractivity contribution is 0.132. The van der Waals surface area contributed by atoms with Crippen molar-refractivity contribution < 1.29 is 0 Å². The van der Waals surface area contributed by atoms with Crippen LogP contribution in [0.1, 0.15) is 31.4 Å². The van der Waals surface area contributed by atoms with Gasteiger partial charge in [0.2, 0.25) is 0 Å². The van der Waals surface area contributed by atoms with Gasteiger partial charge in [0.05, 0.1) is 0 Å². The predicted molar refractivity (Wildman–Crippen MR) is 66.4 cm³/mol. The summed E-state index contributed by atoms with van der Waals surface area (Å²) >= 11 is 0. The average Bonchev–Trinajstić information content (AvgIpc) is 3.15. The van der Waals surface area contributed by atoms with Gasteiger partial charge in [0.1, 0.15) is 0 Å². The third-order valence-electron chi connectivity index (χ3n) is 3.84. The summed E-state index contributed by atoms with van der Waals surface area (Å²) in [6.45, 7) is 4.64. The van der Waals surface area contributed by atoms with Gasteiger partial charge in [-0.3, -0.25) is 4.90 Å². The molecule has 0 radical (unpaired) electrons. The summed E-state index contributed by atoms with van der Waals surface area (Å²) in [5, 5.41) is 3.66. The van der Waals surface area contributed by atoms with Gasteiger partial charge >= 0.3 is 0 Å². The Balaban J connectivity index is 1.73. The molecule has 1 saturated heterocycles. The molecule has 0 bridgehead atoms. The quantitative estimate of drug-likeness (QED) is 0.815. The van der Waals surface area contributed by atoms with Crippen molar-refractivity contribution in [1.29, 1.82) is 0 Å². The van der Waals surface area contributed by atoms with Gasteiger partial charge < -0.3 is 5.32 Å². The van der Waals surface area contributed by atoms with E-state index >= 15 is 0 Å². The molecular formula is C14H20N2. The predicted octanol–water partition coefficient (Wildman–Crippen LogP) is 2.18.